The molecule has 0 spiro atoms. The number of benzene rings is 1. The van der Waals surface area contributed by atoms with E-state index in [1.54, 1.807) is 21.9 Å². The summed E-state index contributed by atoms with van der Waals surface area (Å²) in [5, 5.41) is 0. The first kappa shape index (κ1) is 23.8. The number of aromatic nitrogens is 3. The third-order valence-corrected chi connectivity index (χ3v) is 4.83. The van der Waals surface area contributed by atoms with E-state index >= 15 is 0 Å². The Morgan fingerprint density at radius 3 is 2.07 bits per heavy atom. The Bertz CT molecular complexity index is 955. The molecule has 0 saturated carbocycles. The molecule has 0 amide bonds. The molecule has 0 aliphatic carbocycles. The highest BCUT2D eigenvalue weighted by Gasteiger charge is 2.12. The molecule has 2 aromatic rings. The Morgan fingerprint density at radius 1 is 1.03 bits per heavy atom. The van der Waals surface area contributed by atoms with E-state index in [0.717, 1.165) is 18.8 Å². The van der Waals surface area contributed by atoms with Gasteiger partial charge in [0.1, 0.15) is 5.69 Å². The molecule has 2 rings (SSSR count). The molecule has 0 fully saturated rings. The van der Waals surface area contributed by atoms with E-state index in [0.29, 0.717) is 29.2 Å². The number of anilines is 5. The van der Waals surface area contributed by atoms with Crippen LogP contribution in [0.5, 0.6) is 0 Å². The molecule has 1 aromatic heterocycles. The normalized spacial score (nSPS) is 12.7. The third kappa shape index (κ3) is 6.54. The summed E-state index contributed by atoms with van der Waals surface area (Å²) in [6.45, 7) is 5.71. The Kier molecular flexibility index (Phi) is 7.99. The number of nitrogens with zero attached hydrogens (tertiary/aromatic N) is 7. The van der Waals surface area contributed by atoms with Gasteiger partial charge >= 0.3 is 0 Å². The first-order valence-corrected chi connectivity index (χ1v) is 12.3. The summed E-state index contributed by atoms with van der Waals surface area (Å²) in [6, 6.07) is 5.47. The van der Waals surface area contributed by atoms with Crippen molar-refractivity contribution in [2.75, 3.05) is 66.8 Å². The largest absolute Gasteiger partial charge is 0.372 e. The summed E-state index contributed by atoms with van der Waals surface area (Å²) in [5.41, 5.74) is 7.67. The highest BCUT2D eigenvalue weighted by molar-refractivity contribution is 8.35. The minimum absolute atomic E-state index is 0.298. The maximum atomic E-state index is 11.9. The smallest absolute Gasteiger partial charge is 0.248 e. The first-order valence-electron chi connectivity index (χ1n) is 9.33. The monoisotopic (exact) mass is 455 g/mol. The molecule has 0 saturated heterocycles. The molecule has 13 heteroatoms. The van der Waals surface area contributed by atoms with Gasteiger partial charge in [-0.2, -0.15) is 19.3 Å². The lowest BCUT2D eigenvalue weighted by Gasteiger charge is -2.22. The van der Waals surface area contributed by atoms with Gasteiger partial charge in [0.25, 0.3) is 0 Å². The fraction of sp³-hybridized carbons (Fsp3) is 0.471. The average Bonchev–Trinajstić information content (AvgIpc) is 2.66. The van der Waals surface area contributed by atoms with Crippen LogP contribution >= 0.6 is 8.44 Å². The molecule has 0 aliphatic heterocycles. The van der Waals surface area contributed by atoms with Gasteiger partial charge < -0.3 is 14.7 Å². The number of hydrogen-bond donors (Lipinski definition) is 3. The number of hydrazine groups is 1. The van der Waals surface area contributed by atoms with Crippen molar-refractivity contribution in [3.63, 3.8) is 0 Å². The maximum Gasteiger partial charge on any atom is 0.248 e. The summed E-state index contributed by atoms with van der Waals surface area (Å²) >= 11 is 0. The minimum Gasteiger partial charge on any atom is -0.372 e. The highest BCUT2D eigenvalue weighted by atomic mass is 32.7. The van der Waals surface area contributed by atoms with E-state index in [9.17, 15) is 8.76 Å². The van der Waals surface area contributed by atoms with Crippen LogP contribution in [0.1, 0.15) is 13.8 Å². The fourth-order valence-corrected chi connectivity index (χ4v) is 3.33. The van der Waals surface area contributed by atoms with Crippen LogP contribution in [0.4, 0.5) is 34.9 Å². The molecule has 166 valence electrons. The molecule has 0 radical (unpaired) electrons. The van der Waals surface area contributed by atoms with E-state index in [1.807, 2.05) is 56.5 Å². The van der Waals surface area contributed by atoms with Crippen LogP contribution in [0.25, 0.3) is 0 Å². The quantitative estimate of drug-likeness (QED) is 0.384. The van der Waals surface area contributed by atoms with E-state index in [4.69, 9.17) is 0 Å². The Morgan fingerprint density at radius 2 is 1.60 bits per heavy atom. The Balaban J connectivity index is 2.39. The van der Waals surface area contributed by atoms with Gasteiger partial charge in [0, 0.05) is 47.0 Å². The van der Waals surface area contributed by atoms with Crippen LogP contribution in [-0.2, 0) is 9.63 Å². The van der Waals surface area contributed by atoms with Crippen molar-refractivity contribution in [1.82, 2.24) is 15.0 Å². The van der Waals surface area contributed by atoms with Gasteiger partial charge in [-0.25, -0.2) is 4.21 Å². The van der Waals surface area contributed by atoms with Gasteiger partial charge in [0.15, 0.2) is 9.63 Å². The summed E-state index contributed by atoms with van der Waals surface area (Å²) in [6.07, 6.45) is 0. The van der Waals surface area contributed by atoms with Gasteiger partial charge in [0.05, 0.1) is 5.69 Å². The summed E-state index contributed by atoms with van der Waals surface area (Å²) in [5.74, 6) is 1.28. The molecular weight excluding hydrogens is 425 g/mol. The lowest BCUT2D eigenvalue weighted by molar-refractivity contribution is 0.570. The maximum absolute atomic E-state index is 11.9. The van der Waals surface area contributed by atoms with Gasteiger partial charge in [-0.3, -0.25) is 15.4 Å². The van der Waals surface area contributed by atoms with Crippen LogP contribution in [0.3, 0.4) is 0 Å². The fourth-order valence-electron chi connectivity index (χ4n) is 2.56. The molecule has 0 bridgehead atoms. The molecule has 2 unspecified atom stereocenters. The second-order valence-electron chi connectivity index (χ2n) is 6.80. The number of hydrogen-bond acceptors (Lipinski definition) is 10. The molecule has 1 heterocycles. The minimum atomic E-state index is -3.42. The predicted octanol–water partition coefficient (Wildman–Crippen LogP) is 2.65. The molecule has 0 aliphatic rings. The van der Waals surface area contributed by atoms with E-state index in [1.165, 1.54) is 0 Å². The Hall–Kier alpha value is -2.43. The predicted molar refractivity (Wildman–Crippen MR) is 128 cm³/mol. The Labute approximate surface area is 180 Å². The van der Waals surface area contributed by atoms with Crippen molar-refractivity contribution >= 4 is 53.0 Å². The van der Waals surface area contributed by atoms with E-state index < -0.39 is 9.63 Å². The van der Waals surface area contributed by atoms with Crippen LogP contribution in [0.15, 0.2) is 22.6 Å². The molecule has 1 aromatic carbocycles. The molecule has 3 N–H and O–H groups in total. The van der Waals surface area contributed by atoms with Crippen LogP contribution in [0, 0.1) is 0 Å². The zero-order valence-electron chi connectivity index (χ0n) is 18.1. The topological polar surface area (TPSA) is 122 Å². The van der Waals surface area contributed by atoms with E-state index in [-0.39, 0.29) is 0 Å². The van der Waals surface area contributed by atoms with Crippen molar-refractivity contribution in [1.29, 1.82) is 0 Å². The standard InChI is InChI=1S/C17H30N9O2PS/c1-7-26(8-2)12-9-10-13(14(11-12)23-30(27,28)29)21-22-15-18-16(24(3)4)20-17(19-15)25(5)6/h9-11,21H,7-8,29H2,1-6H3,(H,23,27,28)(H,18,19,20,22). The first-order chi connectivity index (χ1) is 14.0. The zero-order valence-corrected chi connectivity index (χ0v) is 20.1. The van der Waals surface area contributed by atoms with E-state index in [2.05, 4.69) is 35.1 Å². The molecule has 11 nitrogen and oxygen atoms in total. The molecule has 30 heavy (non-hydrogen) atoms. The van der Waals surface area contributed by atoms with Crippen LogP contribution < -0.4 is 25.6 Å². The van der Waals surface area contributed by atoms with Crippen molar-refractivity contribution in [3.05, 3.63) is 18.2 Å². The lowest BCUT2D eigenvalue weighted by Crippen LogP contribution is -2.22. The number of rotatable bonds is 9. The van der Waals surface area contributed by atoms with Gasteiger partial charge in [-0.15, -0.1) is 0 Å². The average molecular weight is 456 g/mol. The van der Waals surface area contributed by atoms with Crippen molar-refractivity contribution in [3.8, 4) is 0 Å². The van der Waals surface area contributed by atoms with Crippen molar-refractivity contribution in [2.45, 2.75) is 13.8 Å². The third-order valence-electron chi connectivity index (χ3n) is 4.06. The molecule has 2 atom stereocenters. The van der Waals surface area contributed by atoms with Crippen LogP contribution in [-0.4, -0.2) is 65.0 Å². The lowest BCUT2D eigenvalue weighted by atomic mass is 10.2. The summed E-state index contributed by atoms with van der Waals surface area (Å²) in [7, 11) is 5.79. The van der Waals surface area contributed by atoms with Crippen molar-refractivity contribution in [2.24, 2.45) is 4.36 Å². The molecular formula is C17H30N9O2PS. The van der Waals surface area contributed by atoms with Crippen LogP contribution in [0.2, 0.25) is 0 Å². The van der Waals surface area contributed by atoms with Gasteiger partial charge in [0.2, 0.25) is 17.8 Å². The van der Waals surface area contributed by atoms with Crippen molar-refractivity contribution < 1.29 is 8.76 Å². The highest BCUT2D eigenvalue weighted by Crippen LogP contribution is 2.32. The van der Waals surface area contributed by atoms with Gasteiger partial charge in [-0.1, -0.05) is 0 Å². The SMILES string of the molecule is CCN(CC)c1ccc(NNc2nc(N(C)C)nc(N(C)C)n2)c(N=S(=O)(O)P)c1. The second kappa shape index (κ2) is 10.1. The zero-order chi connectivity index (χ0) is 22.5. The summed E-state index contributed by atoms with van der Waals surface area (Å²) in [4.78, 5) is 18.8. The van der Waals surface area contributed by atoms with Gasteiger partial charge in [-0.05, 0) is 40.5 Å². The second-order valence-corrected chi connectivity index (χ2v) is 9.90. The number of nitrogens with one attached hydrogen (secondary N) is 2. The summed E-state index contributed by atoms with van der Waals surface area (Å²) < 4.78 is 25.6.